The van der Waals surface area contributed by atoms with Gasteiger partial charge in [0.25, 0.3) is 0 Å². The normalized spacial score (nSPS) is 10.1. The van der Waals surface area contributed by atoms with Crippen molar-refractivity contribution in [2.24, 2.45) is 0 Å². The monoisotopic (exact) mass is 177 g/mol. The first-order chi connectivity index (χ1) is 6.29. The van der Waals surface area contributed by atoms with E-state index in [0.29, 0.717) is 0 Å². The van der Waals surface area contributed by atoms with Crippen molar-refractivity contribution in [2.45, 2.75) is 26.2 Å². The summed E-state index contributed by atoms with van der Waals surface area (Å²) in [5, 5.41) is 0. The van der Waals surface area contributed by atoms with Crippen LogP contribution in [0.15, 0.2) is 18.2 Å². The minimum absolute atomic E-state index is 0.983. The molecule has 0 bridgehead atoms. The molecule has 0 aliphatic carbocycles. The van der Waals surface area contributed by atoms with Gasteiger partial charge in [-0.15, -0.1) is 0 Å². The Labute approximate surface area is 80.7 Å². The summed E-state index contributed by atoms with van der Waals surface area (Å²) in [5.41, 5.74) is 2.51. The van der Waals surface area contributed by atoms with Gasteiger partial charge in [-0.1, -0.05) is 31.5 Å². The molecule has 0 N–H and O–H groups in total. The number of unbranched alkanes of at least 4 members (excludes halogenated alkanes) is 1. The molecule has 0 heterocycles. The van der Waals surface area contributed by atoms with Crippen LogP contribution >= 0.6 is 0 Å². The molecule has 0 saturated heterocycles. The number of benzene rings is 1. The minimum Gasteiger partial charge on any atom is -0.496 e. The summed E-state index contributed by atoms with van der Waals surface area (Å²) in [5.74, 6) is 1.04. The summed E-state index contributed by atoms with van der Waals surface area (Å²) >= 11 is 0. The van der Waals surface area contributed by atoms with Gasteiger partial charge in [0.15, 0.2) is 0 Å². The molecule has 1 radical (unpaired) electrons. The summed E-state index contributed by atoms with van der Waals surface area (Å²) in [6.45, 7) is 5.91. The van der Waals surface area contributed by atoms with Crippen LogP contribution in [0.2, 0.25) is 0 Å². The molecule has 1 aromatic carbocycles. The molecule has 1 heteroatoms. The van der Waals surface area contributed by atoms with Gasteiger partial charge in [0.1, 0.15) is 5.75 Å². The van der Waals surface area contributed by atoms with Crippen LogP contribution in [0, 0.1) is 13.8 Å². The van der Waals surface area contributed by atoms with Crippen molar-refractivity contribution in [1.82, 2.24) is 0 Å². The third-order valence-electron chi connectivity index (χ3n) is 2.19. The van der Waals surface area contributed by atoms with Crippen molar-refractivity contribution in [1.29, 1.82) is 0 Å². The van der Waals surface area contributed by atoms with Gasteiger partial charge in [0.05, 0.1) is 7.11 Å². The molecule has 13 heavy (non-hydrogen) atoms. The molecule has 1 nitrogen and oxygen atoms in total. The molecule has 1 aromatic rings. The van der Waals surface area contributed by atoms with E-state index in [2.05, 4.69) is 32.0 Å². The van der Waals surface area contributed by atoms with Crippen LogP contribution in [0.25, 0.3) is 0 Å². The van der Waals surface area contributed by atoms with Crippen molar-refractivity contribution >= 4 is 0 Å². The predicted molar refractivity (Wildman–Crippen MR) is 56.0 cm³/mol. The number of rotatable bonds is 4. The van der Waals surface area contributed by atoms with Gasteiger partial charge in [-0.25, -0.2) is 0 Å². The average molecular weight is 177 g/mol. The minimum atomic E-state index is 0.983. The molecule has 71 valence electrons. The lowest BCUT2D eigenvalue weighted by Gasteiger charge is -2.10. The van der Waals surface area contributed by atoms with Crippen LogP contribution in [0.4, 0.5) is 0 Å². The van der Waals surface area contributed by atoms with E-state index in [0.717, 1.165) is 25.0 Å². The van der Waals surface area contributed by atoms with Crippen molar-refractivity contribution in [3.63, 3.8) is 0 Å². The number of aryl methyl sites for hydroxylation is 2. The second-order valence-electron chi connectivity index (χ2n) is 3.22. The fourth-order valence-electron chi connectivity index (χ4n) is 1.52. The maximum atomic E-state index is 5.35. The van der Waals surface area contributed by atoms with Crippen molar-refractivity contribution in [3.8, 4) is 5.75 Å². The number of ether oxygens (including phenoxy) is 1. The predicted octanol–water partition coefficient (Wildman–Crippen LogP) is 3.16. The summed E-state index contributed by atoms with van der Waals surface area (Å²) < 4.78 is 5.35. The van der Waals surface area contributed by atoms with Gasteiger partial charge in [-0.2, -0.15) is 0 Å². The molecule has 0 fully saturated rings. The SMILES string of the molecule is [CH2]CCCc1cccc(C)c1OC. The van der Waals surface area contributed by atoms with Crippen LogP contribution < -0.4 is 4.74 Å². The second kappa shape index (κ2) is 4.90. The standard InChI is InChI=1S/C12H17O/c1-4-5-8-11-9-6-7-10(2)12(11)13-3/h6-7,9H,1,4-5,8H2,2-3H3. The highest BCUT2D eigenvalue weighted by molar-refractivity contribution is 5.40. The highest BCUT2D eigenvalue weighted by Crippen LogP contribution is 2.24. The molecule has 1 rings (SSSR count). The van der Waals surface area contributed by atoms with Gasteiger partial charge in [0, 0.05) is 0 Å². The van der Waals surface area contributed by atoms with Gasteiger partial charge in [-0.3, -0.25) is 0 Å². The van der Waals surface area contributed by atoms with Crippen molar-refractivity contribution < 1.29 is 4.74 Å². The Hall–Kier alpha value is -0.980. The summed E-state index contributed by atoms with van der Waals surface area (Å²) in [7, 11) is 1.73. The van der Waals surface area contributed by atoms with E-state index in [4.69, 9.17) is 4.74 Å². The van der Waals surface area contributed by atoms with E-state index < -0.39 is 0 Å². The van der Waals surface area contributed by atoms with Gasteiger partial charge < -0.3 is 4.74 Å². The molecular formula is C12H17O. The quantitative estimate of drug-likeness (QED) is 0.686. The van der Waals surface area contributed by atoms with E-state index >= 15 is 0 Å². The zero-order valence-electron chi connectivity index (χ0n) is 8.47. The number of para-hydroxylation sites is 1. The highest BCUT2D eigenvalue weighted by Gasteiger charge is 2.03. The molecule has 0 atom stereocenters. The van der Waals surface area contributed by atoms with Gasteiger partial charge in [0.2, 0.25) is 0 Å². The lowest BCUT2D eigenvalue weighted by Crippen LogP contribution is -1.94. The van der Waals surface area contributed by atoms with E-state index in [-0.39, 0.29) is 0 Å². The fraction of sp³-hybridized carbons (Fsp3) is 0.417. The Morgan fingerprint density at radius 3 is 2.77 bits per heavy atom. The van der Waals surface area contributed by atoms with Gasteiger partial charge in [-0.05, 0) is 30.9 Å². The summed E-state index contributed by atoms with van der Waals surface area (Å²) in [4.78, 5) is 0. The number of methoxy groups -OCH3 is 1. The topological polar surface area (TPSA) is 9.23 Å². The zero-order valence-corrected chi connectivity index (χ0v) is 8.47. The average Bonchev–Trinajstić information content (AvgIpc) is 2.15. The molecule has 0 saturated carbocycles. The molecule has 0 aromatic heterocycles. The van der Waals surface area contributed by atoms with E-state index in [1.165, 1.54) is 11.1 Å². The second-order valence-corrected chi connectivity index (χ2v) is 3.22. The van der Waals surface area contributed by atoms with E-state index in [1.54, 1.807) is 7.11 Å². The molecular weight excluding hydrogens is 160 g/mol. The molecule has 0 aliphatic heterocycles. The van der Waals surface area contributed by atoms with Crippen molar-refractivity contribution in [3.05, 3.63) is 36.2 Å². The van der Waals surface area contributed by atoms with Gasteiger partial charge >= 0.3 is 0 Å². The van der Waals surface area contributed by atoms with E-state index in [9.17, 15) is 0 Å². The van der Waals surface area contributed by atoms with Crippen LogP contribution in [0.1, 0.15) is 24.0 Å². The van der Waals surface area contributed by atoms with Crippen LogP contribution in [0.3, 0.4) is 0 Å². The molecule has 0 spiro atoms. The molecule has 0 amide bonds. The van der Waals surface area contributed by atoms with E-state index in [1.807, 2.05) is 0 Å². The Morgan fingerprint density at radius 2 is 2.15 bits per heavy atom. The summed E-state index contributed by atoms with van der Waals surface area (Å²) in [6.07, 6.45) is 3.17. The Kier molecular flexibility index (Phi) is 3.81. The summed E-state index contributed by atoms with van der Waals surface area (Å²) in [6, 6.07) is 6.28. The fourth-order valence-corrected chi connectivity index (χ4v) is 1.52. The first-order valence-electron chi connectivity index (χ1n) is 4.71. The third-order valence-corrected chi connectivity index (χ3v) is 2.19. The number of hydrogen-bond acceptors (Lipinski definition) is 1. The maximum Gasteiger partial charge on any atom is 0.124 e. The Balaban J connectivity index is 2.85. The highest BCUT2D eigenvalue weighted by atomic mass is 16.5. The first kappa shape index (κ1) is 10.1. The van der Waals surface area contributed by atoms with Crippen LogP contribution in [-0.4, -0.2) is 7.11 Å². The zero-order chi connectivity index (χ0) is 9.68. The lowest BCUT2D eigenvalue weighted by molar-refractivity contribution is 0.406. The Bertz CT molecular complexity index is 266. The molecule has 0 aliphatic rings. The Morgan fingerprint density at radius 1 is 1.38 bits per heavy atom. The maximum absolute atomic E-state index is 5.35. The molecule has 0 unspecified atom stereocenters. The van der Waals surface area contributed by atoms with Crippen LogP contribution in [0.5, 0.6) is 5.75 Å². The first-order valence-corrected chi connectivity index (χ1v) is 4.71. The van der Waals surface area contributed by atoms with Crippen molar-refractivity contribution in [2.75, 3.05) is 7.11 Å². The number of hydrogen-bond donors (Lipinski definition) is 0. The lowest BCUT2D eigenvalue weighted by atomic mass is 10.0. The van der Waals surface area contributed by atoms with Crippen LogP contribution in [-0.2, 0) is 6.42 Å². The smallest absolute Gasteiger partial charge is 0.124 e. The third kappa shape index (κ3) is 2.48. The largest absolute Gasteiger partial charge is 0.496 e.